The van der Waals surface area contributed by atoms with E-state index in [0.29, 0.717) is 11.3 Å². The van der Waals surface area contributed by atoms with Crippen LogP contribution in [0.15, 0.2) is 18.2 Å². The lowest BCUT2D eigenvalue weighted by Crippen LogP contribution is -2.11. The molecule has 14 heavy (non-hydrogen) atoms. The summed E-state index contributed by atoms with van der Waals surface area (Å²) in [6.45, 7) is 9.31. The second kappa shape index (κ2) is 3.12. The van der Waals surface area contributed by atoms with Crippen molar-refractivity contribution in [2.45, 2.75) is 51.9 Å². The first-order valence-corrected chi connectivity index (χ1v) is 5.64. The predicted molar refractivity (Wildman–Crippen MR) is 61.9 cm³/mol. The van der Waals surface area contributed by atoms with Gasteiger partial charge in [0.1, 0.15) is 0 Å². The van der Waals surface area contributed by atoms with Crippen molar-refractivity contribution in [3.05, 3.63) is 34.9 Å². The van der Waals surface area contributed by atoms with Gasteiger partial charge >= 0.3 is 0 Å². The highest BCUT2D eigenvalue weighted by Gasteiger charge is 2.31. The quantitative estimate of drug-likeness (QED) is 0.624. The van der Waals surface area contributed by atoms with Gasteiger partial charge in [-0.25, -0.2) is 0 Å². The van der Waals surface area contributed by atoms with E-state index in [1.165, 1.54) is 12.8 Å². The van der Waals surface area contributed by atoms with Gasteiger partial charge < -0.3 is 0 Å². The molecule has 0 amide bonds. The summed E-state index contributed by atoms with van der Waals surface area (Å²) in [5.74, 6) is 0.666. The minimum absolute atomic E-state index is 0.403. The lowest BCUT2D eigenvalue weighted by molar-refractivity contribution is 0.522. The molecule has 0 aliphatic heterocycles. The Labute approximate surface area is 87.3 Å². The summed E-state index contributed by atoms with van der Waals surface area (Å²) < 4.78 is 0. The Hall–Kier alpha value is -0.780. The second-order valence-corrected chi connectivity index (χ2v) is 5.41. The van der Waals surface area contributed by atoms with Crippen LogP contribution in [0.4, 0.5) is 0 Å². The number of fused-ring (bicyclic) bond motifs is 1. The second-order valence-electron chi connectivity index (χ2n) is 5.41. The van der Waals surface area contributed by atoms with Crippen molar-refractivity contribution in [1.82, 2.24) is 0 Å². The molecule has 1 aromatic carbocycles. The molecule has 76 valence electrons. The maximum atomic E-state index is 2.36. The monoisotopic (exact) mass is 188 g/mol. The molecule has 0 nitrogen and oxygen atoms in total. The molecular formula is C14H20. The van der Waals surface area contributed by atoms with Gasteiger partial charge in [-0.15, -0.1) is 0 Å². The molecule has 0 aromatic heterocycles. The number of rotatable bonds is 1. The Morgan fingerprint density at radius 3 is 2.57 bits per heavy atom. The van der Waals surface area contributed by atoms with Crippen LogP contribution in [-0.4, -0.2) is 0 Å². The fraction of sp³-hybridized carbons (Fsp3) is 0.571. The molecule has 1 aliphatic carbocycles. The highest BCUT2D eigenvalue weighted by Crippen LogP contribution is 2.41. The van der Waals surface area contributed by atoms with Gasteiger partial charge in [-0.3, -0.25) is 0 Å². The Morgan fingerprint density at radius 2 is 1.93 bits per heavy atom. The van der Waals surface area contributed by atoms with E-state index in [4.69, 9.17) is 0 Å². The van der Waals surface area contributed by atoms with Crippen molar-refractivity contribution in [2.24, 2.45) is 0 Å². The fourth-order valence-corrected chi connectivity index (χ4v) is 2.63. The van der Waals surface area contributed by atoms with Crippen LogP contribution in [0.25, 0.3) is 0 Å². The molecule has 1 aliphatic rings. The van der Waals surface area contributed by atoms with E-state index in [1.54, 1.807) is 16.7 Å². The van der Waals surface area contributed by atoms with E-state index in [-0.39, 0.29) is 0 Å². The zero-order valence-electron chi connectivity index (χ0n) is 9.72. The summed E-state index contributed by atoms with van der Waals surface area (Å²) in [7, 11) is 0. The third-order valence-electron chi connectivity index (χ3n) is 3.56. The fourth-order valence-electron chi connectivity index (χ4n) is 2.63. The topological polar surface area (TPSA) is 0 Å². The maximum absolute atomic E-state index is 2.36. The molecule has 0 fully saturated rings. The van der Waals surface area contributed by atoms with Gasteiger partial charge in [-0.1, -0.05) is 45.9 Å². The molecule has 0 heteroatoms. The first kappa shape index (κ1) is 9.76. The van der Waals surface area contributed by atoms with Crippen LogP contribution in [0.2, 0.25) is 0 Å². The molecule has 0 heterocycles. The summed E-state index contributed by atoms with van der Waals surface area (Å²) in [4.78, 5) is 0. The first-order valence-electron chi connectivity index (χ1n) is 5.64. The van der Waals surface area contributed by atoms with Crippen LogP contribution < -0.4 is 0 Å². The number of hydrogen-bond acceptors (Lipinski definition) is 0. The summed E-state index contributed by atoms with van der Waals surface area (Å²) in [5.41, 5.74) is 5.18. The molecule has 0 bridgehead atoms. The molecular weight excluding hydrogens is 168 g/mol. The van der Waals surface area contributed by atoms with Crippen LogP contribution in [0, 0.1) is 0 Å². The predicted octanol–water partition coefficient (Wildman–Crippen LogP) is 4.03. The first-order chi connectivity index (χ1) is 6.52. The van der Waals surface area contributed by atoms with Crippen molar-refractivity contribution >= 4 is 0 Å². The summed E-state index contributed by atoms with van der Waals surface area (Å²) in [6, 6.07) is 6.83. The average Bonchev–Trinajstić information content (AvgIpc) is 2.42. The van der Waals surface area contributed by atoms with Crippen LogP contribution >= 0.6 is 0 Å². The molecule has 2 rings (SSSR count). The lowest BCUT2D eigenvalue weighted by Gasteiger charge is -2.20. The van der Waals surface area contributed by atoms with E-state index < -0.39 is 0 Å². The van der Waals surface area contributed by atoms with Gasteiger partial charge in [0, 0.05) is 0 Å². The minimum atomic E-state index is 0.403. The Balaban J connectivity index is 2.56. The van der Waals surface area contributed by atoms with Crippen LogP contribution in [0.3, 0.4) is 0 Å². The highest BCUT2D eigenvalue weighted by atomic mass is 14.3. The van der Waals surface area contributed by atoms with E-state index in [1.807, 2.05) is 0 Å². The van der Waals surface area contributed by atoms with E-state index in [0.717, 1.165) is 0 Å². The zero-order valence-corrected chi connectivity index (χ0v) is 9.72. The Kier molecular flexibility index (Phi) is 2.17. The lowest BCUT2D eigenvalue weighted by atomic mass is 9.85. The van der Waals surface area contributed by atoms with Gasteiger partial charge in [0.25, 0.3) is 0 Å². The third-order valence-corrected chi connectivity index (χ3v) is 3.56. The van der Waals surface area contributed by atoms with Crippen molar-refractivity contribution in [2.75, 3.05) is 0 Å². The van der Waals surface area contributed by atoms with Crippen LogP contribution in [0.5, 0.6) is 0 Å². The van der Waals surface area contributed by atoms with Crippen molar-refractivity contribution in [3.63, 3.8) is 0 Å². The number of hydrogen-bond donors (Lipinski definition) is 0. The van der Waals surface area contributed by atoms with E-state index in [2.05, 4.69) is 45.9 Å². The Bertz CT molecular complexity index is 345. The van der Waals surface area contributed by atoms with Crippen LogP contribution in [0.1, 0.15) is 56.7 Å². The SMILES string of the molecule is CC(C)c1cccc2c1CCC2(C)C. The molecule has 0 spiro atoms. The van der Waals surface area contributed by atoms with Gasteiger partial charge in [0.15, 0.2) is 0 Å². The molecule has 0 unspecified atom stereocenters. The van der Waals surface area contributed by atoms with Crippen molar-refractivity contribution < 1.29 is 0 Å². The standard InChI is InChI=1S/C14H20/c1-10(2)11-6-5-7-13-12(11)8-9-14(13,3)4/h5-7,10H,8-9H2,1-4H3. The maximum Gasteiger partial charge on any atom is -0.00976 e. The number of benzene rings is 1. The Morgan fingerprint density at radius 1 is 1.21 bits per heavy atom. The van der Waals surface area contributed by atoms with Gasteiger partial charge in [0.05, 0.1) is 0 Å². The summed E-state index contributed by atoms with van der Waals surface area (Å²) in [6.07, 6.45) is 2.59. The zero-order chi connectivity index (χ0) is 10.3. The molecule has 0 saturated heterocycles. The molecule has 0 radical (unpaired) electrons. The minimum Gasteiger partial charge on any atom is -0.0617 e. The van der Waals surface area contributed by atoms with Gasteiger partial charge in [-0.05, 0) is 40.9 Å². The normalized spacial score (nSPS) is 18.6. The van der Waals surface area contributed by atoms with Gasteiger partial charge in [0.2, 0.25) is 0 Å². The molecule has 0 saturated carbocycles. The molecule has 1 aromatic rings. The largest absolute Gasteiger partial charge is 0.0617 e. The summed E-state index contributed by atoms with van der Waals surface area (Å²) >= 11 is 0. The van der Waals surface area contributed by atoms with Crippen LogP contribution in [-0.2, 0) is 11.8 Å². The molecule has 0 N–H and O–H groups in total. The molecule has 0 atom stereocenters. The van der Waals surface area contributed by atoms with Gasteiger partial charge in [-0.2, -0.15) is 0 Å². The van der Waals surface area contributed by atoms with Crippen molar-refractivity contribution in [3.8, 4) is 0 Å². The highest BCUT2D eigenvalue weighted by molar-refractivity contribution is 5.44. The third kappa shape index (κ3) is 1.37. The van der Waals surface area contributed by atoms with Crippen molar-refractivity contribution in [1.29, 1.82) is 0 Å². The van der Waals surface area contributed by atoms with E-state index in [9.17, 15) is 0 Å². The van der Waals surface area contributed by atoms with E-state index >= 15 is 0 Å². The summed E-state index contributed by atoms with van der Waals surface area (Å²) in [5, 5.41) is 0. The average molecular weight is 188 g/mol. The smallest absolute Gasteiger partial charge is 0.00976 e.